The fourth-order valence-corrected chi connectivity index (χ4v) is 2.38. The van der Waals surface area contributed by atoms with Gasteiger partial charge >= 0.3 is 5.97 Å². The van der Waals surface area contributed by atoms with Crippen LogP contribution >= 0.6 is 11.6 Å². The number of para-hydroxylation sites is 1. The summed E-state index contributed by atoms with van der Waals surface area (Å²) >= 11 is 5.98. The maximum absolute atomic E-state index is 12.2. The van der Waals surface area contributed by atoms with Crippen LogP contribution < -0.4 is 14.8 Å². The molecule has 0 aromatic heterocycles. The Labute approximate surface area is 163 Å². The smallest absolute Gasteiger partial charge is 0.338 e. The highest BCUT2D eigenvalue weighted by molar-refractivity contribution is 6.33. The molecule has 1 amide bonds. The molecule has 2 aromatic rings. The van der Waals surface area contributed by atoms with E-state index in [1.807, 2.05) is 13.8 Å². The Kier molecular flexibility index (Phi) is 7.95. The van der Waals surface area contributed by atoms with Crippen LogP contribution in [0.25, 0.3) is 0 Å². The number of ether oxygens (including phenoxy) is 3. The summed E-state index contributed by atoms with van der Waals surface area (Å²) in [6.07, 6.45) is 0.857. The van der Waals surface area contributed by atoms with Crippen molar-refractivity contribution in [1.82, 2.24) is 0 Å². The van der Waals surface area contributed by atoms with E-state index in [4.69, 9.17) is 25.8 Å². The van der Waals surface area contributed by atoms with Crippen molar-refractivity contribution in [2.75, 3.05) is 25.1 Å². The quantitative estimate of drug-likeness (QED) is 0.644. The molecule has 0 saturated carbocycles. The lowest BCUT2D eigenvalue weighted by Crippen LogP contribution is -2.21. The minimum atomic E-state index is -0.632. The summed E-state index contributed by atoms with van der Waals surface area (Å²) in [4.78, 5) is 24.2. The molecule has 0 unspecified atom stereocenters. The second-order valence-corrected chi connectivity index (χ2v) is 5.95. The van der Waals surface area contributed by atoms with E-state index in [0.717, 1.165) is 6.42 Å². The van der Waals surface area contributed by atoms with E-state index < -0.39 is 18.5 Å². The topological polar surface area (TPSA) is 73.9 Å². The van der Waals surface area contributed by atoms with Crippen LogP contribution in [0, 0.1) is 0 Å². The highest BCUT2D eigenvalue weighted by Crippen LogP contribution is 2.29. The molecule has 0 spiro atoms. The Morgan fingerprint density at radius 3 is 2.52 bits per heavy atom. The van der Waals surface area contributed by atoms with Crippen LogP contribution in [0.4, 0.5) is 5.69 Å². The fourth-order valence-electron chi connectivity index (χ4n) is 2.20. The number of carbonyl (C=O) groups excluding carboxylic acids is 2. The van der Waals surface area contributed by atoms with Gasteiger partial charge in [0.05, 0.1) is 29.5 Å². The molecule has 2 rings (SSSR count). The summed E-state index contributed by atoms with van der Waals surface area (Å²) in [6, 6.07) is 11.6. The third-order valence-electron chi connectivity index (χ3n) is 3.42. The van der Waals surface area contributed by atoms with E-state index in [0.29, 0.717) is 35.4 Å². The van der Waals surface area contributed by atoms with Crippen LogP contribution in [0.15, 0.2) is 42.5 Å². The van der Waals surface area contributed by atoms with Gasteiger partial charge in [-0.3, -0.25) is 4.79 Å². The number of hydrogen-bond acceptors (Lipinski definition) is 5. The molecule has 0 aliphatic heterocycles. The SMILES string of the molecule is CCCOc1ccc(C(=O)OCC(=O)Nc2ccccc2Cl)cc1OCC. The molecule has 1 N–H and O–H groups in total. The zero-order valence-corrected chi connectivity index (χ0v) is 16.0. The minimum Gasteiger partial charge on any atom is -0.490 e. The first-order valence-electron chi connectivity index (χ1n) is 8.66. The molecule has 0 saturated heterocycles. The molecular formula is C20H22ClNO5. The molecule has 2 aromatic carbocycles. The fraction of sp³-hybridized carbons (Fsp3) is 0.300. The van der Waals surface area contributed by atoms with E-state index in [1.54, 1.807) is 42.5 Å². The minimum absolute atomic E-state index is 0.271. The first-order valence-corrected chi connectivity index (χ1v) is 9.04. The molecular weight excluding hydrogens is 370 g/mol. The van der Waals surface area contributed by atoms with Gasteiger partial charge in [0.2, 0.25) is 0 Å². The van der Waals surface area contributed by atoms with Crippen LogP contribution in [0.5, 0.6) is 11.5 Å². The molecule has 144 valence electrons. The lowest BCUT2D eigenvalue weighted by atomic mass is 10.2. The van der Waals surface area contributed by atoms with Gasteiger partial charge in [0, 0.05) is 0 Å². The number of halogens is 1. The van der Waals surface area contributed by atoms with E-state index in [9.17, 15) is 9.59 Å². The van der Waals surface area contributed by atoms with Crippen molar-refractivity contribution in [3.05, 3.63) is 53.1 Å². The number of esters is 1. The van der Waals surface area contributed by atoms with Crippen LogP contribution in [0.2, 0.25) is 5.02 Å². The van der Waals surface area contributed by atoms with Crippen molar-refractivity contribution in [3.8, 4) is 11.5 Å². The number of anilines is 1. The second-order valence-electron chi connectivity index (χ2n) is 5.55. The van der Waals surface area contributed by atoms with Gasteiger partial charge in [-0.2, -0.15) is 0 Å². The Bertz CT molecular complexity index is 794. The van der Waals surface area contributed by atoms with Crippen LogP contribution in [0.3, 0.4) is 0 Å². The standard InChI is InChI=1S/C20H22ClNO5/c1-3-11-26-17-10-9-14(12-18(17)25-4-2)20(24)27-13-19(23)22-16-8-6-5-7-15(16)21/h5-10,12H,3-4,11,13H2,1-2H3,(H,22,23). The van der Waals surface area contributed by atoms with Crippen molar-refractivity contribution in [2.24, 2.45) is 0 Å². The zero-order valence-electron chi connectivity index (χ0n) is 15.3. The molecule has 0 atom stereocenters. The maximum atomic E-state index is 12.2. The van der Waals surface area contributed by atoms with Gasteiger partial charge in [-0.15, -0.1) is 0 Å². The summed E-state index contributed by atoms with van der Waals surface area (Å²) in [5, 5.41) is 2.99. The van der Waals surface area contributed by atoms with Gasteiger partial charge in [-0.25, -0.2) is 4.79 Å². The van der Waals surface area contributed by atoms with Crippen LogP contribution in [-0.4, -0.2) is 31.7 Å². The van der Waals surface area contributed by atoms with Crippen molar-refractivity contribution >= 4 is 29.2 Å². The molecule has 0 bridgehead atoms. The van der Waals surface area contributed by atoms with E-state index in [2.05, 4.69) is 5.32 Å². The predicted octanol–water partition coefficient (Wildman–Crippen LogP) is 4.32. The van der Waals surface area contributed by atoms with Gasteiger partial charge < -0.3 is 19.5 Å². The molecule has 7 heteroatoms. The lowest BCUT2D eigenvalue weighted by Gasteiger charge is -2.13. The number of nitrogens with one attached hydrogen (secondary N) is 1. The average molecular weight is 392 g/mol. The Hall–Kier alpha value is -2.73. The summed E-state index contributed by atoms with van der Waals surface area (Å²) < 4.78 is 16.2. The van der Waals surface area contributed by atoms with Gasteiger partial charge in [0.15, 0.2) is 18.1 Å². The Morgan fingerprint density at radius 2 is 1.81 bits per heavy atom. The van der Waals surface area contributed by atoms with E-state index in [-0.39, 0.29) is 5.56 Å². The molecule has 0 radical (unpaired) electrons. The van der Waals surface area contributed by atoms with Crippen molar-refractivity contribution in [1.29, 1.82) is 0 Å². The van der Waals surface area contributed by atoms with Crippen LogP contribution in [0.1, 0.15) is 30.6 Å². The molecule has 0 aliphatic rings. The normalized spacial score (nSPS) is 10.2. The van der Waals surface area contributed by atoms with E-state index in [1.165, 1.54) is 0 Å². The van der Waals surface area contributed by atoms with Gasteiger partial charge in [-0.1, -0.05) is 30.7 Å². The summed E-state index contributed by atoms with van der Waals surface area (Å²) in [7, 11) is 0. The van der Waals surface area contributed by atoms with Crippen molar-refractivity contribution < 1.29 is 23.8 Å². The summed E-state index contributed by atoms with van der Waals surface area (Å²) in [5.41, 5.74) is 0.726. The van der Waals surface area contributed by atoms with E-state index >= 15 is 0 Å². The highest BCUT2D eigenvalue weighted by atomic mass is 35.5. The monoisotopic (exact) mass is 391 g/mol. The van der Waals surface area contributed by atoms with Gasteiger partial charge in [0.1, 0.15) is 0 Å². The van der Waals surface area contributed by atoms with Gasteiger partial charge in [-0.05, 0) is 43.7 Å². The first-order chi connectivity index (χ1) is 13.0. The molecule has 27 heavy (non-hydrogen) atoms. The number of benzene rings is 2. The molecule has 6 nitrogen and oxygen atoms in total. The third-order valence-corrected chi connectivity index (χ3v) is 3.75. The summed E-state index contributed by atoms with van der Waals surface area (Å²) in [6.45, 7) is 4.39. The number of hydrogen-bond donors (Lipinski definition) is 1. The Balaban J connectivity index is 1.97. The van der Waals surface area contributed by atoms with Crippen LogP contribution in [-0.2, 0) is 9.53 Å². The number of carbonyl (C=O) groups is 2. The maximum Gasteiger partial charge on any atom is 0.338 e. The number of rotatable bonds is 9. The second kappa shape index (κ2) is 10.4. The molecule has 0 heterocycles. The first kappa shape index (κ1) is 20.6. The highest BCUT2D eigenvalue weighted by Gasteiger charge is 2.15. The lowest BCUT2D eigenvalue weighted by molar-refractivity contribution is -0.119. The average Bonchev–Trinajstić information content (AvgIpc) is 2.67. The van der Waals surface area contributed by atoms with Crippen molar-refractivity contribution in [3.63, 3.8) is 0 Å². The predicted molar refractivity (Wildman–Crippen MR) is 104 cm³/mol. The van der Waals surface area contributed by atoms with Gasteiger partial charge in [0.25, 0.3) is 5.91 Å². The zero-order chi connectivity index (χ0) is 19.6. The summed E-state index contributed by atoms with van der Waals surface area (Å²) in [5.74, 6) is -0.0932. The van der Waals surface area contributed by atoms with Crippen molar-refractivity contribution in [2.45, 2.75) is 20.3 Å². The molecule has 0 aliphatic carbocycles. The Morgan fingerprint density at radius 1 is 1.04 bits per heavy atom. The third kappa shape index (κ3) is 6.18. The number of amides is 1. The largest absolute Gasteiger partial charge is 0.490 e. The molecule has 0 fully saturated rings.